The molecule has 0 N–H and O–H groups in total. The van der Waals surface area contributed by atoms with E-state index in [-0.39, 0.29) is 11.3 Å². The fourth-order valence-corrected chi connectivity index (χ4v) is 2.19. The Morgan fingerprint density at radius 1 is 1.26 bits per heavy atom. The lowest BCUT2D eigenvalue weighted by Gasteiger charge is -2.10. The molecule has 0 atom stereocenters. The first-order valence-electron chi connectivity index (χ1n) is 6.55. The van der Waals surface area contributed by atoms with Gasteiger partial charge in [-0.2, -0.15) is 0 Å². The van der Waals surface area contributed by atoms with Gasteiger partial charge in [0.05, 0.1) is 11.0 Å². The van der Waals surface area contributed by atoms with E-state index in [0.717, 1.165) is 23.9 Å². The van der Waals surface area contributed by atoms with Crippen molar-refractivity contribution in [1.82, 2.24) is 9.55 Å². The smallest absolute Gasteiger partial charge is 0.272 e. The Morgan fingerprint density at radius 2 is 2.00 bits per heavy atom. The molecule has 0 bridgehead atoms. The van der Waals surface area contributed by atoms with Crippen LogP contribution in [0.4, 0.5) is 0 Å². The number of unbranched alkanes of at least 4 members (excludes halogenated alkanes) is 1. The minimum atomic E-state index is -0.0403. The topological polar surface area (TPSA) is 52.0 Å². The Morgan fingerprint density at radius 3 is 2.74 bits per heavy atom. The third kappa shape index (κ3) is 3.08. The second-order valence-corrected chi connectivity index (χ2v) is 4.80. The summed E-state index contributed by atoms with van der Waals surface area (Å²) in [6.07, 6.45) is 2.22. The molecule has 0 amide bonds. The van der Waals surface area contributed by atoms with E-state index < -0.39 is 0 Å². The number of hydrogen-bond acceptors (Lipinski definition) is 3. The number of fused-ring (bicyclic) bond motifs is 1. The predicted octanol–water partition coefficient (Wildman–Crippen LogP) is 2.46. The summed E-state index contributed by atoms with van der Waals surface area (Å²) in [5.74, 6) is 0.197. The zero-order valence-corrected chi connectivity index (χ0v) is 11.3. The first-order valence-corrected chi connectivity index (χ1v) is 6.55. The summed E-state index contributed by atoms with van der Waals surface area (Å²) in [5.41, 5.74) is 2.18. The maximum Gasteiger partial charge on any atom is 0.272 e. The van der Waals surface area contributed by atoms with Gasteiger partial charge in [0.1, 0.15) is 11.5 Å². The van der Waals surface area contributed by atoms with E-state index in [1.807, 2.05) is 24.3 Å². The summed E-state index contributed by atoms with van der Waals surface area (Å²) in [5, 5.41) is 0. The van der Waals surface area contributed by atoms with Crippen LogP contribution in [0.3, 0.4) is 0 Å². The third-order valence-corrected chi connectivity index (χ3v) is 3.18. The normalized spacial score (nSPS) is 10.8. The van der Waals surface area contributed by atoms with E-state index in [2.05, 4.69) is 4.98 Å². The highest BCUT2D eigenvalue weighted by molar-refractivity contribution is 5.75. The molecule has 1 heterocycles. The number of carbonyl (C=O) groups excluding carboxylic acids is 1. The molecule has 0 radical (unpaired) electrons. The van der Waals surface area contributed by atoms with Crippen LogP contribution in [0.5, 0.6) is 0 Å². The number of aromatic nitrogens is 2. The number of aryl methyl sites for hydroxylation is 2. The van der Waals surface area contributed by atoms with Gasteiger partial charge in [-0.25, -0.2) is 4.98 Å². The van der Waals surface area contributed by atoms with Crippen LogP contribution in [0.15, 0.2) is 29.1 Å². The van der Waals surface area contributed by atoms with Crippen LogP contribution < -0.4 is 5.56 Å². The quantitative estimate of drug-likeness (QED) is 0.774. The lowest BCUT2D eigenvalue weighted by molar-refractivity contribution is -0.117. The van der Waals surface area contributed by atoms with Gasteiger partial charge >= 0.3 is 0 Å². The lowest BCUT2D eigenvalue weighted by Crippen LogP contribution is -2.24. The molecule has 0 aliphatic rings. The number of rotatable bonds is 5. The van der Waals surface area contributed by atoms with Crippen LogP contribution >= 0.6 is 0 Å². The fourth-order valence-electron chi connectivity index (χ4n) is 2.19. The molecule has 0 saturated heterocycles. The summed E-state index contributed by atoms with van der Waals surface area (Å²) >= 11 is 0. The molecule has 2 rings (SSSR count). The largest absolute Gasteiger partial charge is 0.305 e. The van der Waals surface area contributed by atoms with E-state index in [0.29, 0.717) is 18.7 Å². The monoisotopic (exact) mass is 258 g/mol. The maximum atomic E-state index is 12.1. The molecule has 4 nitrogen and oxygen atoms in total. The van der Waals surface area contributed by atoms with Gasteiger partial charge in [-0.1, -0.05) is 12.1 Å². The van der Waals surface area contributed by atoms with Gasteiger partial charge in [0.2, 0.25) is 0 Å². The van der Waals surface area contributed by atoms with Crippen LogP contribution in [0, 0.1) is 6.92 Å². The van der Waals surface area contributed by atoms with Crippen LogP contribution in [0.25, 0.3) is 11.0 Å². The summed E-state index contributed by atoms with van der Waals surface area (Å²) in [4.78, 5) is 27.4. The molecule has 4 heteroatoms. The van der Waals surface area contributed by atoms with E-state index in [1.165, 1.54) is 0 Å². The number of benzene rings is 1. The number of Topliss-reactive ketones (excluding diaryl/α,β-unsaturated/α-hetero) is 1. The highest BCUT2D eigenvalue weighted by atomic mass is 16.1. The minimum Gasteiger partial charge on any atom is -0.305 e. The summed E-state index contributed by atoms with van der Waals surface area (Å²) in [7, 11) is 0. The first kappa shape index (κ1) is 13.5. The van der Waals surface area contributed by atoms with E-state index in [1.54, 1.807) is 18.4 Å². The van der Waals surface area contributed by atoms with Crippen LogP contribution in [-0.4, -0.2) is 15.3 Å². The highest BCUT2D eigenvalue weighted by Crippen LogP contribution is 2.11. The molecular weight excluding hydrogens is 240 g/mol. The number of ketones is 1. The highest BCUT2D eigenvalue weighted by Gasteiger charge is 2.07. The lowest BCUT2D eigenvalue weighted by atomic mass is 10.2. The predicted molar refractivity (Wildman–Crippen MR) is 75.3 cm³/mol. The number of nitrogens with zero attached hydrogens (tertiary/aromatic N) is 2. The number of para-hydroxylation sites is 2. The van der Waals surface area contributed by atoms with Gasteiger partial charge in [0.15, 0.2) is 0 Å². The molecule has 0 spiro atoms. The molecule has 1 aromatic carbocycles. The van der Waals surface area contributed by atoms with Crippen LogP contribution in [0.1, 0.15) is 31.9 Å². The Bertz CT molecular complexity index is 659. The van der Waals surface area contributed by atoms with Gasteiger partial charge in [0, 0.05) is 13.0 Å². The zero-order chi connectivity index (χ0) is 13.8. The van der Waals surface area contributed by atoms with Crippen LogP contribution in [-0.2, 0) is 11.3 Å². The van der Waals surface area contributed by atoms with Crippen molar-refractivity contribution in [2.75, 3.05) is 0 Å². The van der Waals surface area contributed by atoms with Crippen molar-refractivity contribution < 1.29 is 4.79 Å². The van der Waals surface area contributed by atoms with Gasteiger partial charge in [0.25, 0.3) is 5.56 Å². The molecule has 2 aromatic rings. The molecule has 0 saturated carbocycles. The van der Waals surface area contributed by atoms with Crippen LogP contribution in [0.2, 0.25) is 0 Å². The van der Waals surface area contributed by atoms with Gasteiger partial charge in [-0.05, 0) is 38.8 Å². The van der Waals surface area contributed by atoms with E-state index in [4.69, 9.17) is 0 Å². The number of carbonyl (C=O) groups is 1. The molecule has 100 valence electrons. The summed E-state index contributed by atoms with van der Waals surface area (Å²) in [6.45, 7) is 3.97. The van der Waals surface area contributed by atoms with E-state index in [9.17, 15) is 9.59 Å². The third-order valence-electron chi connectivity index (χ3n) is 3.18. The molecular formula is C15H18N2O2. The van der Waals surface area contributed by atoms with Gasteiger partial charge < -0.3 is 9.36 Å². The SMILES string of the molecule is CC(=O)CCCCn1c(=O)c(C)nc2ccccc21. The zero-order valence-electron chi connectivity index (χ0n) is 11.3. The molecule has 0 aliphatic heterocycles. The van der Waals surface area contributed by atoms with Crippen molar-refractivity contribution >= 4 is 16.8 Å². The minimum absolute atomic E-state index is 0.0403. The standard InChI is InChI=1S/C15H18N2O2/c1-11(18)7-5-6-10-17-14-9-4-3-8-13(14)16-12(2)15(17)19/h3-4,8-9H,5-7,10H2,1-2H3. The molecule has 0 aliphatic carbocycles. The molecule has 0 unspecified atom stereocenters. The van der Waals surface area contributed by atoms with E-state index >= 15 is 0 Å². The second kappa shape index (κ2) is 5.78. The van der Waals surface area contributed by atoms with Crippen molar-refractivity contribution in [1.29, 1.82) is 0 Å². The second-order valence-electron chi connectivity index (χ2n) is 4.80. The Kier molecular flexibility index (Phi) is 4.10. The van der Waals surface area contributed by atoms with Crippen molar-refractivity contribution in [2.45, 2.75) is 39.7 Å². The van der Waals surface area contributed by atoms with Crippen molar-refractivity contribution in [3.63, 3.8) is 0 Å². The van der Waals surface area contributed by atoms with Crippen molar-refractivity contribution in [3.05, 3.63) is 40.3 Å². The summed E-state index contributed by atoms with van der Waals surface area (Å²) in [6, 6.07) is 7.65. The summed E-state index contributed by atoms with van der Waals surface area (Å²) < 4.78 is 1.76. The average Bonchev–Trinajstić information content (AvgIpc) is 2.38. The van der Waals surface area contributed by atoms with Crippen molar-refractivity contribution in [2.24, 2.45) is 0 Å². The Labute approximate surface area is 112 Å². The number of hydrogen-bond donors (Lipinski definition) is 0. The average molecular weight is 258 g/mol. The Hall–Kier alpha value is -1.97. The molecule has 1 aromatic heterocycles. The fraction of sp³-hybridized carbons (Fsp3) is 0.400. The molecule has 0 fully saturated rings. The van der Waals surface area contributed by atoms with Gasteiger partial charge in [-0.3, -0.25) is 4.79 Å². The van der Waals surface area contributed by atoms with Crippen molar-refractivity contribution in [3.8, 4) is 0 Å². The Balaban J connectivity index is 2.28. The molecule has 19 heavy (non-hydrogen) atoms. The maximum absolute atomic E-state index is 12.1. The first-order chi connectivity index (χ1) is 9.09. The van der Waals surface area contributed by atoms with Gasteiger partial charge in [-0.15, -0.1) is 0 Å².